The van der Waals surface area contributed by atoms with Gasteiger partial charge in [-0.25, -0.2) is 4.90 Å². The maximum Gasteiger partial charge on any atom is 0.241 e. The predicted molar refractivity (Wildman–Crippen MR) is 171 cm³/mol. The first-order valence-electron chi connectivity index (χ1n) is 16.1. The van der Waals surface area contributed by atoms with E-state index in [1.165, 1.54) is 9.80 Å². The highest BCUT2D eigenvalue weighted by Crippen LogP contribution is 2.62. The number of hydrogen-bond donors (Lipinski definition) is 2. The number of amides is 4. The van der Waals surface area contributed by atoms with Crippen molar-refractivity contribution < 1.29 is 34.1 Å². The third-order valence-electron chi connectivity index (χ3n) is 11.1. The van der Waals surface area contributed by atoms with Crippen LogP contribution in [-0.2, 0) is 32.0 Å². The van der Waals surface area contributed by atoms with Gasteiger partial charge in [-0.05, 0) is 85.7 Å². The molecule has 4 amide bonds. The van der Waals surface area contributed by atoms with Gasteiger partial charge in [0.15, 0.2) is 0 Å². The van der Waals surface area contributed by atoms with Crippen LogP contribution in [0.15, 0.2) is 96.3 Å². The van der Waals surface area contributed by atoms with E-state index in [0.29, 0.717) is 30.7 Å². The smallest absolute Gasteiger partial charge is 0.241 e. The van der Waals surface area contributed by atoms with Crippen molar-refractivity contribution in [3.63, 3.8) is 0 Å². The van der Waals surface area contributed by atoms with E-state index >= 15 is 0 Å². The fraction of sp³-hybridized carbons (Fsp3) is 0.316. The molecule has 0 bridgehead atoms. The summed E-state index contributed by atoms with van der Waals surface area (Å²) in [5, 5.41) is 19.9. The zero-order valence-electron chi connectivity index (χ0n) is 25.8. The Balaban J connectivity index is 1.18. The fourth-order valence-electron chi connectivity index (χ4n) is 8.86. The molecular weight excluding hydrogens is 596 g/mol. The fourth-order valence-corrected chi connectivity index (χ4v) is 8.86. The molecule has 6 atom stereocenters. The number of ether oxygens (including phenoxy) is 1. The van der Waals surface area contributed by atoms with Gasteiger partial charge in [-0.1, -0.05) is 42.0 Å². The summed E-state index contributed by atoms with van der Waals surface area (Å²) in [6, 6.07) is 20.5. The SMILES string of the molecule is CC12C(=O)N(c3ccccc3)C(=O)C1CC1C(=CCC3C(=O)N(CCc4ccc(O)cc4)C(=O)C31)C2C1=COc2ccc(O)cc2C1. The van der Waals surface area contributed by atoms with Gasteiger partial charge in [0.2, 0.25) is 23.6 Å². The van der Waals surface area contributed by atoms with Gasteiger partial charge < -0.3 is 14.9 Å². The molecule has 1 saturated carbocycles. The van der Waals surface area contributed by atoms with Gasteiger partial charge in [0.25, 0.3) is 0 Å². The highest BCUT2D eigenvalue weighted by atomic mass is 16.5. The molecule has 238 valence electrons. The number of nitrogens with zero attached hydrogens (tertiary/aromatic N) is 2. The van der Waals surface area contributed by atoms with Crippen LogP contribution in [0.3, 0.4) is 0 Å². The monoisotopic (exact) mass is 630 g/mol. The van der Waals surface area contributed by atoms with E-state index in [-0.39, 0.29) is 48.1 Å². The van der Waals surface area contributed by atoms with Gasteiger partial charge in [0, 0.05) is 24.4 Å². The number of para-hydroxylation sites is 1. The summed E-state index contributed by atoms with van der Waals surface area (Å²) in [5.74, 6) is -3.03. The number of phenols is 2. The summed E-state index contributed by atoms with van der Waals surface area (Å²) in [6.45, 7) is 2.08. The summed E-state index contributed by atoms with van der Waals surface area (Å²) in [4.78, 5) is 59.5. The summed E-state index contributed by atoms with van der Waals surface area (Å²) in [5.41, 5.74) is 2.71. The van der Waals surface area contributed by atoms with E-state index in [0.717, 1.165) is 22.3 Å². The van der Waals surface area contributed by atoms with Crippen molar-refractivity contribution in [2.24, 2.45) is 35.0 Å². The maximum absolute atomic E-state index is 14.6. The van der Waals surface area contributed by atoms with E-state index < -0.39 is 35.0 Å². The molecule has 2 saturated heterocycles. The number of imide groups is 2. The van der Waals surface area contributed by atoms with Crippen molar-refractivity contribution in [3.05, 3.63) is 107 Å². The molecule has 47 heavy (non-hydrogen) atoms. The second kappa shape index (κ2) is 10.7. The molecule has 6 unspecified atom stereocenters. The molecule has 0 aromatic heterocycles. The third-order valence-corrected chi connectivity index (χ3v) is 11.1. The molecule has 0 spiro atoms. The molecule has 3 aromatic rings. The zero-order chi connectivity index (χ0) is 32.6. The molecule has 3 fully saturated rings. The van der Waals surface area contributed by atoms with Crippen LogP contribution in [0.5, 0.6) is 17.2 Å². The van der Waals surface area contributed by atoms with Crippen molar-refractivity contribution in [2.75, 3.05) is 11.4 Å². The Morgan fingerprint density at radius 3 is 2.38 bits per heavy atom. The van der Waals surface area contributed by atoms with Crippen LogP contribution >= 0.6 is 0 Å². The van der Waals surface area contributed by atoms with Gasteiger partial charge >= 0.3 is 0 Å². The van der Waals surface area contributed by atoms with Gasteiger partial charge in [0.05, 0.1) is 35.1 Å². The number of anilines is 1. The molecular formula is C38H34N2O7. The van der Waals surface area contributed by atoms with Crippen LogP contribution < -0.4 is 9.64 Å². The second-order valence-corrected chi connectivity index (χ2v) is 13.5. The number of rotatable bonds is 5. The second-order valence-electron chi connectivity index (χ2n) is 13.5. The Kier molecular flexibility index (Phi) is 6.65. The van der Waals surface area contributed by atoms with Gasteiger partial charge in [-0.15, -0.1) is 0 Å². The molecule has 2 N–H and O–H groups in total. The zero-order valence-corrected chi connectivity index (χ0v) is 25.8. The van der Waals surface area contributed by atoms with Crippen molar-refractivity contribution in [3.8, 4) is 17.2 Å². The number of aromatic hydroxyl groups is 2. The standard InChI is InChI=1S/C38H34N2O7/c1-38-30(35(44)40(37(38)46)24-5-3-2-4-6-24)19-29-27(33(38)23-17-22-18-26(42)11-14-31(22)47-20-23)12-13-28-32(29)36(45)39(34(28)43)16-15-21-7-9-25(41)10-8-21/h2-12,14,18,20,28-30,32-33,41-42H,13,15-17,19H2,1H3. The van der Waals surface area contributed by atoms with Crippen molar-refractivity contribution in [1.82, 2.24) is 4.90 Å². The Morgan fingerprint density at radius 2 is 1.62 bits per heavy atom. The first-order valence-corrected chi connectivity index (χ1v) is 16.1. The van der Waals surface area contributed by atoms with E-state index in [9.17, 15) is 29.4 Å². The minimum Gasteiger partial charge on any atom is -0.508 e. The Hall–Kier alpha value is -5.18. The lowest BCUT2D eigenvalue weighted by Gasteiger charge is -2.49. The van der Waals surface area contributed by atoms with Gasteiger partial charge in [0.1, 0.15) is 17.2 Å². The molecule has 2 aliphatic carbocycles. The number of carbonyl (C=O) groups excluding carboxylic acids is 4. The summed E-state index contributed by atoms with van der Waals surface area (Å²) < 4.78 is 6.06. The minimum atomic E-state index is -1.16. The molecule has 5 aliphatic rings. The lowest BCUT2D eigenvalue weighted by molar-refractivity contribution is -0.140. The molecule has 9 heteroatoms. The first kappa shape index (κ1) is 29.2. The normalized spacial score (nSPS) is 29.4. The third kappa shape index (κ3) is 4.36. The van der Waals surface area contributed by atoms with Crippen LogP contribution in [0.2, 0.25) is 0 Å². The average molecular weight is 631 g/mol. The molecule has 9 nitrogen and oxygen atoms in total. The molecule has 3 aliphatic heterocycles. The number of hydrogen-bond acceptors (Lipinski definition) is 7. The summed E-state index contributed by atoms with van der Waals surface area (Å²) >= 11 is 0. The Bertz CT molecular complexity index is 1900. The van der Waals surface area contributed by atoms with E-state index in [1.807, 2.05) is 19.1 Å². The van der Waals surface area contributed by atoms with Gasteiger partial charge in [-0.2, -0.15) is 0 Å². The van der Waals surface area contributed by atoms with E-state index in [1.54, 1.807) is 73.0 Å². The van der Waals surface area contributed by atoms with Crippen LogP contribution in [0.4, 0.5) is 5.69 Å². The Labute approximate surface area is 271 Å². The maximum atomic E-state index is 14.6. The van der Waals surface area contributed by atoms with Crippen molar-refractivity contribution in [1.29, 1.82) is 0 Å². The van der Waals surface area contributed by atoms with Gasteiger partial charge in [-0.3, -0.25) is 24.1 Å². The van der Waals surface area contributed by atoms with Crippen LogP contribution in [0, 0.1) is 35.0 Å². The summed E-state index contributed by atoms with van der Waals surface area (Å²) in [6.07, 6.45) is 5.20. The van der Waals surface area contributed by atoms with E-state index in [4.69, 9.17) is 4.74 Å². The number of allylic oxidation sites excluding steroid dienone is 3. The topological polar surface area (TPSA) is 124 Å². The molecule has 8 rings (SSSR count). The lowest BCUT2D eigenvalue weighted by Crippen LogP contribution is -2.51. The number of phenolic OH excluding ortho intramolecular Hbond substituents is 2. The molecule has 3 heterocycles. The Morgan fingerprint density at radius 1 is 0.872 bits per heavy atom. The number of fused-ring (bicyclic) bond motifs is 5. The highest BCUT2D eigenvalue weighted by molar-refractivity contribution is 6.24. The van der Waals surface area contributed by atoms with Crippen LogP contribution in [0.1, 0.15) is 30.9 Å². The number of carbonyl (C=O) groups is 4. The lowest BCUT2D eigenvalue weighted by atomic mass is 9.51. The summed E-state index contributed by atoms with van der Waals surface area (Å²) in [7, 11) is 0. The average Bonchev–Trinajstić information content (AvgIpc) is 3.43. The highest BCUT2D eigenvalue weighted by Gasteiger charge is 2.68. The quantitative estimate of drug-likeness (QED) is 0.303. The molecule has 3 aromatic carbocycles. The van der Waals surface area contributed by atoms with Crippen LogP contribution in [-0.4, -0.2) is 45.3 Å². The number of benzene rings is 3. The molecule has 0 radical (unpaired) electrons. The number of likely N-dealkylation sites (tertiary alicyclic amines) is 1. The van der Waals surface area contributed by atoms with Crippen molar-refractivity contribution in [2.45, 2.75) is 32.6 Å². The minimum absolute atomic E-state index is 0.101. The largest absolute Gasteiger partial charge is 0.508 e. The van der Waals surface area contributed by atoms with Crippen LogP contribution in [0.25, 0.3) is 0 Å². The first-order chi connectivity index (χ1) is 22.7. The van der Waals surface area contributed by atoms with E-state index in [2.05, 4.69) is 0 Å². The van der Waals surface area contributed by atoms with Crippen molar-refractivity contribution >= 4 is 29.3 Å². The predicted octanol–water partition coefficient (Wildman–Crippen LogP) is 4.92.